The van der Waals surface area contributed by atoms with Crippen LogP contribution < -0.4 is 11.1 Å². The van der Waals surface area contributed by atoms with Crippen molar-refractivity contribution >= 4 is 35.0 Å². The van der Waals surface area contributed by atoms with Crippen LogP contribution in [0.5, 0.6) is 0 Å². The molecule has 35 heavy (non-hydrogen) atoms. The van der Waals surface area contributed by atoms with Crippen LogP contribution >= 0.6 is 11.8 Å². The molecular formula is C27H34N4O3S. The van der Waals surface area contributed by atoms with Crippen molar-refractivity contribution in [3.8, 4) is 6.07 Å². The third-order valence-electron chi connectivity index (χ3n) is 6.10. The van der Waals surface area contributed by atoms with E-state index < -0.39 is 11.9 Å². The molecule has 2 aromatic rings. The summed E-state index contributed by atoms with van der Waals surface area (Å²) in [5.74, 6) is -1.30. The summed E-state index contributed by atoms with van der Waals surface area (Å²) in [5, 5.41) is 12.4. The van der Waals surface area contributed by atoms with Gasteiger partial charge in [-0.25, -0.2) is 0 Å². The average molecular weight is 495 g/mol. The van der Waals surface area contributed by atoms with E-state index in [9.17, 15) is 14.9 Å². The number of benzene rings is 2. The number of nitrogens with one attached hydrogen (secondary N) is 1. The molecule has 3 atom stereocenters. The first-order valence-electron chi connectivity index (χ1n) is 12.1. The van der Waals surface area contributed by atoms with Gasteiger partial charge in [0.1, 0.15) is 5.92 Å². The Morgan fingerprint density at radius 1 is 1.14 bits per heavy atom. The van der Waals surface area contributed by atoms with Crippen LogP contribution in [0.2, 0.25) is 0 Å². The van der Waals surface area contributed by atoms with Gasteiger partial charge in [0, 0.05) is 30.9 Å². The van der Waals surface area contributed by atoms with Crippen molar-refractivity contribution in [2.45, 2.75) is 50.2 Å². The van der Waals surface area contributed by atoms with Crippen molar-refractivity contribution in [2.75, 3.05) is 30.7 Å². The van der Waals surface area contributed by atoms with Gasteiger partial charge in [0.2, 0.25) is 5.91 Å². The van der Waals surface area contributed by atoms with Gasteiger partial charge in [0.05, 0.1) is 23.3 Å². The zero-order valence-corrected chi connectivity index (χ0v) is 21.2. The molecular weight excluding hydrogens is 460 g/mol. The monoisotopic (exact) mass is 494 g/mol. The molecule has 1 aliphatic heterocycles. The van der Waals surface area contributed by atoms with Gasteiger partial charge in [0.25, 0.3) is 0 Å². The first kappa shape index (κ1) is 26.4. The summed E-state index contributed by atoms with van der Waals surface area (Å²) in [5.41, 5.74) is 10.1. The number of esters is 1. The Labute approximate surface area is 212 Å². The molecule has 3 unspecified atom stereocenters. The highest BCUT2D eigenvalue weighted by atomic mass is 32.2. The molecule has 0 saturated carbocycles. The molecule has 1 aliphatic rings. The summed E-state index contributed by atoms with van der Waals surface area (Å²) in [6.45, 7) is 5.10. The number of ether oxygens (including phenoxy) is 1. The van der Waals surface area contributed by atoms with Gasteiger partial charge in [-0.1, -0.05) is 24.3 Å². The standard InChI is InChI=1S/C27H34N4O3S/c1-3-31-25(17-21(18-28)27(33)34-4-2)35-24(26(31)32)15-16-30-23-13-9-20(10-14-23)6-5-19-7-11-22(29)12-8-19/h7-14,21,24-25,30H,3-6,15-17,29H2,1-2H3. The molecule has 0 aliphatic carbocycles. The van der Waals surface area contributed by atoms with Crippen molar-refractivity contribution in [3.05, 3.63) is 59.7 Å². The summed E-state index contributed by atoms with van der Waals surface area (Å²) in [6.07, 6.45) is 2.89. The van der Waals surface area contributed by atoms with Crippen molar-refractivity contribution in [2.24, 2.45) is 5.92 Å². The van der Waals surface area contributed by atoms with Crippen LogP contribution in [0, 0.1) is 17.2 Å². The molecule has 3 rings (SSSR count). The number of hydrogen-bond acceptors (Lipinski definition) is 7. The van der Waals surface area contributed by atoms with Crippen molar-refractivity contribution in [1.29, 1.82) is 5.26 Å². The second-order valence-electron chi connectivity index (χ2n) is 8.53. The number of anilines is 2. The van der Waals surface area contributed by atoms with Gasteiger partial charge >= 0.3 is 5.97 Å². The molecule has 1 fully saturated rings. The Morgan fingerprint density at radius 3 is 2.34 bits per heavy atom. The molecule has 1 heterocycles. The first-order chi connectivity index (χ1) is 16.9. The number of rotatable bonds is 12. The topological polar surface area (TPSA) is 108 Å². The van der Waals surface area contributed by atoms with Gasteiger partial charge in [-0.2, -0.15) is 5.26 Å². The Morgan fingerprint density at radius 2 is 1.77 bits per heavy atom. The fourth-order valence-corrected chi connectivity index (χ4v) is 5.73. The van der Waals surface area contributed by atoms with E-state index in [2.05, 4.69) is 41.7 Å². The SMILES string of the molecule is CCOC(=O)C(C#N)CC1SC(CCNc2ccc(CCc3ccc(N)cc3)cc2)C(=O)N1CC. The summed E-state index contributed by atoms with van der Waals surface area (Å²) in [6, 6.07) is 18.4. The van der Waals surface area contributed by atoms with E-state index in [-0.39, 0.29) is 23.1 Å². The Hall–Kier alpha value is -3.18. The molecule has 1 saturated heterocycles. The maximum atomic E-state index is 12.9. The van der Waals surface area contributed by atoms with E-state index in [4.69, 9.17) is 10.5 Å². The largest absolute Gasteiger partial charge is 0.465 e. The van der Waals surface area contributed by atoms with E-state index in [1.54, 1.807) is 23.6 Å². The summed E-state index contributed by atoms with van der Waals surface area (Å²) >= 11 is 1.54. The Balaban J connectivity index is 1.46. The quantitative estimate of drug-likeness (QED) is 0.336. The molecule has 0 bridgehead atoms. The smallest absolute Gasteiger partial charge is 0.323 e. The molecule has 7 nitrogen and oxygen atoms in total. The number of carbonyl (C=O) groups excluding carboxylic acids is 2. The van der Waals surface area contributed by atoms with Gasteiger partial charge in [0.15, 0.2) is 0 Å². The lowest BCUT2D eigenvalue weighted by atomic mass is 10.0. The lowest BCUT2D eigenvalue weighted by Gasteiger charge is -2.23. The van der Waals surface area contributed by atoms with E-state index in [1.807, 2.05) is 25.1 Å². The maximum Gasteiger partial charge on any atom is 0.323 e. The maximum absolute atomic E-state index is 12.9. The third kappa shape index (κ3) is 7.40. The number of nitrogens with two attached hydrogens (primary N) is 1. The second kappa shape index (κ2) is 13.1. The first-order valence-corrected chi connectivity index (χ1v) is 13.1. The highest BCUT2D eigenvalue weighted by Crippen LogP contribution is 2.37. The molecule has 8 heteroatoms. The number of nitrogen functional groups attached to an aromatic ring is 1. The molecule has 3 N–H and O–H groups in total. The molecule has 186 valence electrons. The zero-order valence-electron chi connectivity index (χ0n) is 20.4. The Kier molecular flexibility index (Phi) is 9.86. The molecule has 0 aromatic heterocycles. The second-order valence-corrected chi connectivity index (χ2v) is 9.91. The highest BCUT2D eigenvalue weighted by Gasteiger charge is 2.41. The minimum atomic E-state index is -0.857. The van der Waals surface area contributed by atoms with Crippen molar-refractivity contribution < 1.29 is 14.3 Å². The Bertz CT molecular complexity index is 1020. The fourth-order valence-electron chi connectivity index (χ4n) is 4.14. The minimum absolute atomic E-state index is 0.0721. The normalized spacial score (nSPS) is 18.2. The number of thioether (sulfide) groups is 1. The lowest BCUT2D eigenvalue weighted by molar-refractivity contribution is -0.146. The predicted octanol–water partition coefficient (Wildman–Crippen LogP) is 4.24. The molecule has 1 amide bonds. The van der Waals surface area contributed by atoms with E-state index in [0.29, 0.717) is 25.9 Å². The average Bonchev–Trinajstić information content (AvgIpc) is 3.16. The number of hydrogen-bond donors (Lipinski definition) is 2. The molecule has 0 radical (unpaired) electrons. The van der Waals surface area contributed by atoms with E-state index in [0.717, 1.165) is 24.2 Å². The van der Waals surface area contributed by atoms with Gasteiger partial charge in [-0.15, -0.1) is 11.8 Å². The minimum Gasteiger partial charge on any atom is -0.465 e. The lowest BCUT2D eigenvalue weighted by Crippen LogP contribution is -2.36. The van der Waals surface area contributed by atoms with Crippen LogP contribution in [-0.4, -0.2) is 47.1 Å². The van der Waals surface area contributed by atoms with Crippen LogP contribution in [0.4, 0.5) is 11.4 Å². The highest BCUT2D eigenvalue weighted by molar-refractivity contribution is 8.01. The molecule has 0 spiro atoms. The predicted molar refractivity (Wildman–Crippen MR) is 141 cm³/mol. The third-order valence-corrected chi connectivity index (χ3v) is 7.63. The summed E-state index contributed by atoms with van der Waals surface area (Å²) in [4.78, 5) is 26.7. The van der Waals surface area contributed by atoms with Crippen molar-refractivity contribution in [1.82, 2.24) is 4.90 Å². The van der Waals surface area contributed by atoms with Crippen molar-refractivity contribution in [3.63, 3.8) is 0 Å². The summed E-state index contributed by atoms with van der Waals surface area (Å²) < 4.78 is 5.00. The van der Waals surface area contributed by atoms with Crippen LogP contribution in [0.1, 0.15) is 37.8 Å². The van der Waals surface area contributed by atoms with Gasteiger partial charge in [-0.3, -0.25) is 9.59 Å². The number of amides is 1. The van der Waals surface area contributed by atoms with Crippen LogP contribution in [0.15, 0.2) is 48.5 Å². The number of nitriles is 1. The van der Waals surface area contributed by atoms with Crippen LogP contribution in [-0.2, 0) is 27.2 Å². The number of aryl methyl sites for hydroxylation is 2. The fraction of sp³-hybridized carbons (Fsp3) is 0.444. The van der Waals surface area contributed by atoms with Gasteiger partial charge in [-0.05, 0) is 68.5 Å². The van der Waals surface area contributed by atoms with Gasteiger partial charge < -0.3 is 20.7 Å². The number of carbonyl (C=O) groups is 2. The van der Waals surface area contributed by atoms with Crippen LogP contribution in [0.3, 0.4) is 0 Å². The van der Waals surface area contributed by atoms with E-state index in [1.165, 1.54) is 11.1 Å². The van der Waals surface area contributed by atoms with E-state index >= 15 is 0 Å². The zero-order chi connectivity index (χ0) is 25.2. The number of nitrogens with zero attached hydrogens (tertiary/aromatic N) is 2. The molecule has 2 aromatic carbocycles. The summed E-state index contributed by atoms with van der Waals surface area (Å²) in [7, 11) is 0. The van der Waals surface area contributed by atoms with Crippen LogP contribution in [0.25, 0.3) is 0 Å².